The van der Waals surface area contributed by atoms with Gasteiger partial charge in [-0.1, -0.05) is 30.3 Å². The number of halogens is 1. The first-order valence-corrected chi connectivity index (χ1v) is 10.6. The van der Waals surface area contributed by atoms with Crippen molar-refractivity contribution in [1.29, 1.82) is 0 Å². The van der Waals surface area contributed by atoms with Gasteiger partial charge in [-0.05, 0) is 24.3 Å². The fourth-order valence-corrected chi connectivity index (χ4v) is 4.45. The Hall–Kier alpha value is -3.36. The lowest BCUT2D eigenvalue weighted by Crippen LogP contribution is -2.21. The topological polar surface area (TPSA) is 124 Å². The van der Waals surface area contributed by atoms with Crippen LogP contribution in [0.2, 0.25) is 0 Å². The number of rotatable bonds is 3. The number of aromatic hydroxyl groups is 1. The van der Waals surface area contributed by atoms with Gasteiger partial charge in [-0.3, -0.25) is 9.59 Å². The van der Waals surface area contributed by atoms with Crippen molar-refractivity contribution in [3.63, 3.8) is 0 Å². The Kier molecular flexibility index (Phi) is 4.33. The average molecular weight is 430 g/mol. The highest BCUT2D eigenvalue weighted by molar-refractivity contribution is 8.14. The molecule has 0 heterocycles. The van der Waals surface area contributed by atoms with Gasteiger partial charge < -0.3 is 15.6 Å². The first kappa shape index (κ1) is 19.0. The van der Waals surface area contributed by atoms with E-state index in [4.69, 9.17) is 21.2 Å². The minimum atomic E-state index is -4.27. The molecule has 0 atom stereocenters. The summed E-state index contributed by atoms with van der Waals surface area (Å²) >= 11 is 0. The molecule has 1 aliphatic carbocycles. The largest absolute Gasteiger partial charge is 0.507 e. The molecule has 3 N–H and O–H groups in total. The second-order valence-electron chi connectivity index (χ2n) is 6.25. The number of ether oxygens (including phenoxy) is 1. The summed E-state index contributed by atoms with van der Waals surface area (Å²) in [5.74, 6) is -1.81. The van der Waals surface area contributed by atoms with E-state index in [0.29, 0.717) is 0 Å². The molecule has 3 aromatic rings. The van der Waals surface area contributed by atoms with Crippen LogP contribution in [-0.2, 0) is 9.05 Å². The van der Waals surface area contributed by atoms with Gasteiger partial charge in [0.1, 0.15) is 22.1 Å². The molecule has 0 radical (unpaired) electrons. The van der Waals surface area contributed by atoms with Crippen molar-refractivity contribution in [2.24, 2.45) is 0 Å². The smallest absolute Gasteiger partial charge is 0.267 e. The van der Waals surface area contributed by atoms with Crippen LogP contribution in [0.3, 0.4) is 0 Å². The van der Waals surface area contributed by atoms with Gasteiger partial charge in [0.2, 0.25) is 0 Å². The van der Waals surface area contributed by atoms with E-state index in [9.17, 15) is 23.1 Å². The molecule has 0 fully saturated rings. The molecule has 4 rings (SSSR count). The van der Waals surface area contributed by atoms with Crippen molar-refractivity contribution in [3.8, 4) is 17.2 Å². The molecule has 0 spiro atoms. The number of benzene rings is 3. The van der Waals surface area contributed by atoms with Crippen LogP contribution in [0.15, 0.2) is 59.5 Å². The summed E-state index contributed by atoms with van der Waals surface area (Å²) in [6.07, 6.45) is 0. The minimum Gasteiger partial charge on any atom is -0.507 e. The van der Waals surface area contributed by atoms with Gasteiger partial charge in [-0.2, -0.15) is 0 Å². The zero-order chi connectivity index (χ0) is 20.9. The van der Waals surface area contributed by atoms with Crippen molar-refractivity contribution >= 4 is 37.0 Å². The number of anilines is 1. The molecule has 29 heavy (non-hydrogen) atoms. The number of nitrogen functional groups attached to an aromatic ring is 1. The lowest BCUT2D eigenvalue weighted by molar-refractivity contribution is 0.0974. The minimum absolute atomic E-state index is 0.113. The van der Waals surface area contributed by atoms with Crippen LogP contribution in [0.1, 0.15) is 31.8 Å². The molecular formula is C20H12ClNO6S. The van der Waals surface area contributed by atoms with Gasteiger partial charge in [0, 0.05) is 21.8 Å². The number of phenols is 1. The molecule has 0 saturated heterocycles. The number of carbonyl (C=O) groups excluding carboxylic acids is 2. The first-order chi connectivity index (χ1) is 13.7. The van der Waals surface area contributed by atoms with E-state index < -0.39 is 31.3 Å². The Labute approximate surface area is 169 Å². The monoisotopic (exact) mass is 429 g/mol. The van der Waals surface area contributed by atoms with Gasteiger partial charge in [0.25, 0.3) is 9.05 Å². The lowest BCUT2D eigenvalue weighted by atomic mass is 9.83. The maximum Gasteiger partial charge on any atom is 0.267 e. The average Bonchev–Trinajstić information content (AvgIpc) is 2.66. The van der Waals surface area contributed by atoms with Crippen molar-refractivity contribution < 1.29 is 27.9 Å². The normalized spacial score (nSPS) is 13.0. The molecular weight excluding hydrogens is 418 g/mol. The van der Waals surface area contributed by atoms with Gasteiger partial charge in [-0.25, -0.2) is 8.42 Å². The number of hydrogen-bond donors (Lipinski definition) is 2. The Bertz CT molecular complexity index is 1320. The highest BCUT2D eigenvalue weighted by Crippen LogP contribution is 2.42. The van der Waals surface area contributed by atoms with Gasteiger partial charge in [0.05, 0.1) is 16.8 Å². The maximum absolute atomic E-state index is 13.1. The SMILES string of the molecule is Nc1cccc(Oc2ccc(O)c3c2C(=O)c2ccccc2C3=O)c1S(=O)(=O)Cl. The van der Waals surface area contributed by atoms with Crippen molar-refractivity contribution in [1.82, 2.24) is 0 Å². The highest BCUT2D eigenvalue weighted by atomic mass is 35.7. The van der Waals surface area contributed by atoms with E-state index in [2.05, 4.69) is 0 Å². The fourth-order valence-electron chi connectivity index (χ4n) is 3.25. The van der Waals surface area contributed by atoms with E-state index in [1.165, 1.54) is 42.5 Å². The van der Waals surface area contributed by atoms with Gasteiger partial charge >= 0.3 is 0 Å². The third-order valence-corrected chi connectivity index (χ3v) is 5.88. The summed E-state index contributed by atoms with van der Waals surface area (Å²) in [7, 11) is 1.21. The molecule has 146 valence electrons. The van der Waals surface area contributed by atoms with Crippen LogP contribution in [0.4, 0.5) is 5.69 Å². The summed E-state index contributed by atoms with van der Waals surface area (Å²) in [4.78, 5) is 25.4. The Balaban J connectivity index is 1.93. The third kappa shape index (κ3) is 3.02. The highest BCUT2D eigenvalue weighted by Gasteiger charge is 2.35. The second kappa shape index (κ2) is 6.61. The zero-order valence-electron chi connectivity index (χ0n) is 14.5. The van der Waals surface area contributed by atoms with Crippen LogP contribution in [0.25, 0.3) is 0 Å². The molecule has 7 nitrogen and oxygen atoms in total. The summed E-state index contributed by atoms with van der Waals surface area (Å²) in [5, 5.41) is 10.2. The van der Waals surface area contributed by atoms with Crippen LogP contribution in [-0.4, -0.2) is 25.1 Å². The first-order valence-electron chi connectivity index (χ1n) is 8.25. The summed E-state index contributed by atoms with van der Waals surface area (Å²) in [5.41, 5.74) is 5.51. The predicted octanol–water partition coefficient (Wildman–Crippen LogP) is 3.47. The van der Waals surface area contributed by atoms with Crippen LogP contribution < -0.4 is 10.5 Å². The number of phenolic OH excluding ortho intramolecular Hbond substituents is 1. The van der Waals surface area contributed by atoms with Crippen LogP contribution >= 0.6 is 10.7 Å². The van der Waals surface area contributed by atoms with Crippen LogP contribution in [0.5, 0.6) is 17.2 Å². The molecule has 0 saturated carbocycles. The number of ketones is 2. The third-order valence-electron chi connectivity index (χ3n) is 4.49. The number of fused-ring (bicyclic) bond motifs is 2. The summed E-state index contributed by atoms with van der Waals surface area (Å²) < 4.78 is 29.5. The van der Waals surface area contributed by atoms with E-state index in [1.54, 1.807) is 12.1 Å². The van der Waals surface area contributed by atoms with Crippen molar-refractivity contribution in [3.05, 3.63) is 76.9 Å². The summed E-state index contributed by atoms with van der Waals surface area (Å²) in [6, 6.07) is 12.7. The van der Waals surface area contributed by atoms with Crippen molar-refractivity contribution in [2.75, 3.05) is 5.73 Å². The molecule has 1 aliphatic rings. The summed E-state index contributed by atoms with van der Waals surface area (Å²) in [6.45, 7) is 0. The fraction of sp³-hybridized carbons (Fsp3) is 0. The Morgan fingerprint density at radius 1 is 0.828 bits per heavy atom. The number of carbonyl (C=O) groups is 2. The van der Waals surface area contributed by atoms with Gasteiger partial charge in [-0.15, -0.1) is 0 Å². The molecule has 0 unspecified atom stereocenters. The van der Waals surface area contributed by atoms with E-state index in [-0.39, 0.29) is 39.4 Å². The molecule has 3 aromatic carbocycles. The Morgan fingerprint density at radius 3 is 2.07 bits per heavy atom. The van der Waals surface area contributed by atoms with Crippen molar-refractivity contribution in [2.45, 2.75) is 4.90 Å². The zero-order valence-corrected chi connectivity index (χ0v) is 16.1. The lowest BCUT2D eigenvalue weighted by Gasteiger charge is -2.21. The second-order valence-corrected chi connectivity index (χ2v) is 8.75. The quantitative estimate of drug-likeness (QED) is 0.377. The maximum atomic E-state index is 13.1. The van der Waals surface area contributed by atoms with E-state index in [1.807, 2.05) is 0 Å². The van der Waals surface area contributed by atoms with E-state index >= 15 is 0 Å². The molecule has 0 amide bonds. The molecule has 0 bridgehead atoms. The predicted molar refractivity (Wildman–Crippen MR) is 105 cm³/mol. The molecule has 0 aromatic heterocycles. The number of hydrogen-bond acceptors (Lipinski definition) is 7. The van der Waals surface area contributed by atoms with Crippen LogP contribution in [0, 0.1) is 0 Å². The Morgan fingerprint density at radius 2 is 1.45 bits per heavy atom. The van der Waals surface area contributed by atoms with Gasteiger partial charge in [0.15, 0.2) is 11.6 Å². The van der Waals surface area contributed by atoms with E-state index in [0.717, 1.165) is 0 Å². The number of nitrogens with two attached hydrogens (primary N) is 1. The molecule has 9 heteroatoms. The molecule has 0 aliphatic heterocycles. The standard InChI is InChI=1S/C20H12ClNO6S/c21-29(26,27)20-12(22)6-3-7-15(20)28-14-9-8-13(23)16-17(14)19(25)11-5-2-1-4-10(11)18(16)24/h1-9,23H,22H2.